The Morgan fingerprint density at radius 3 is 2.29 bits per heavy atom. The molecule has 2 unspecified atom stereocenters. The van der Waals surface area contributed by atoms with Crippen LogP contribution in [0, 0.1) is 0 Å². The number of aromatic nitrogens is 4. The van der Waals surface area contributed by atoms with Crippen LogP contribution >= 0.6 is 0 Å². The van der Waals surface area contributed by atoms with E-state index in [1.165, 1.54) is 5.56 Å². The van der Waals surface area contributed by atoms with Gasteiger partial charge in [-0.1, -0.05) is 45.0 Å². The predicted octanol–water partition coefficient (Wildman–Crippen LogP) is 3.84. The number of piperidine rings is 1. The van der Waals surface area contributed by atoms with E-state index in [0.29, 0.717) is 35.6 Å². The lowest BCUT2D eigenvalue weighted by atomic mass is 9.86. The number of amides is 2. The van der Waals surface area contributed by atoms with Gasteiger partial charge in [-0.3, -0.25) is 18.9 Å². The van der Waals surface area contributed by atoms with Gasteiger partial charge in [0.25, 0.3) is 5.91 Å². The first kappa shape index (κ1) is 31.7. The Hall–Kier alpha value is -4.71. The molecular weight excluding hydrogens is 568 g/mol. The Morgan fingerprint density at radius 2 is 1.67 bits per heavy atom. The summed E-state index contributed by atoms with van der Waals surface area (Å²) in [6.45, 7) is 7.79. The van der Waals surface area contributed by atoms with Crippen LogP contribution in [0.1, 0.15) is 61.1 Å². The molecule has 4 aromatic rings. The Bertz CT molecular complexity index is 1660. The summed E-state index contributed by atoms with van der Waals surface area (Å²) in [5, 5.41) is 6.58. The highest BCUT2D eigenvalue weighted by Gasteiger charge is 2.26. The van der Waals surface area contributed by atoms with E-state index in [4.69, 9.17) is 15.7 Å². The highest BCUT2D eigenvalue weighted by Crippen LogP contribution is 2.26. The largest absolute Gasteiger partial charge is 0.382 e. The molecule has 12 heteroatoms. The number of hydrogen-bond donors (Lipinski definition) is 3. The molecule has 0 bridgehead atoms. The molecule has 2 amide bonds. The van der Waals surface area contributed by atoms with Crippen molar-refractivity contribution in [3.63, 3.8) is 0 Å². The predicted molar refractivity (Wildman–Crippen MR) is 178 cm³/mol. The van der Waals surface area contributed by atoms with Gasteiger partial charge in [-0.25, -0.2) is 0 Å². The maximum atomic E-state index is 13.1. The van der Waals surface area contributed by atoms with Crippen LogP contribution in [-0.2, 0) is 10.2 Å². The zero-order chi connectivity index (χ0) is 32.5. The van der Waals surface area contributed by atoms with Gasteiger partial charge >= 0.3 is 0 Å². The van der Waals surface area contributed by atoms with Crippen molar-refractivity contribution in [2.45, 2.75) is 51.1 Å². The van der Waals surface area contributed by atoms with E-state index in [1.54, 1.807) is 29.6 Å². The molecular formula is C33H44N10O2. The van der Waals surface area contributed by atoms with E-state index in [2.05, 4.69) is 41.3 Å². The summed E-state index contributed by atoms with van der Waals surface area (Å²) in [5.41, 5.74) is 9.58. The van der Waals surface area contributed by atoms with Crippen LogP contribution in [0.25, 0.3) is 5.78 Å². The molecule has 4 N–H and O–H groups in total. The number of nitrogens with zero attached hydrogens (tertiary/aromatic N) is 7. The van der Waals surface area contributed by atoms with Gasteiger partial charge in [0.2, 0.25) is 23.6 Å². The second-order valence-corrected chi connectivity index (χ2v) is 13.1. The monoisotopic (exact) mass is 612 g/mol. The fourth-order valence-corrected chi connectivity index (χ4v) is 5.57. The number of likely N-dealkylation sites (N-methyl/N-ethyl adjacent to an activating group) is 2. The zero-order valence-electron chi connectivity index (χ0n) is 27.2. The highest BCUT2D eigenvalue weighted by molar-refractivity contribution is 5.94. The molecule has 0 spiro atoms. The van der Waals surface area contributed by atoms with Crippen molar-refractivity contribution in [2.75, 3.05) is 57.2 Å². The molecule has 3 heterocycles. The topological polar surface area (TPSA) is 137 Å². The van der Waals surface area contributed by atoms with Crippen LogP contribution in [0.15, 0.2) is 54.7 Å². The quantitative estimate of drug-likeness (QED) is 0.271. The molecule has 0 aliphatic carbocycles. The minimum Gasteiger partial charge on any atom is -0.382 e. The normalized spacial score (nSPS) is 16.1. The molecule has 2 aromatic carbocycles. The molecule has 2 aromatic heterocycles. The third kappa shape index (κ3) is 7.17. The number of carbonyl (C=O) groups is 2. The smallest absolute Gasteiger partial charge is 0.251 e. The summed E-state index contributed by atoms with van der Waals surface area (Å²) in [7, 11) is 7.30. The number of anilines is 4. The van der Waals surface area contributed by atoms with Gasteiger partial charge in [-0.05, 0) is 67.7 Å². The van der Waals surface area contributed by atoms with Crippen molar-refractivity contribution in [1.82, 2.24) is 34.5 Å². The lowest BCUT2D eigenvalue weighted by Gasteiger charge is -2.33. The second kappa shape index (κ2) is 12.7. The third-order valence-electron chi connectivity index (χ3n) is 8.07. The van der Waals surface area contributed by atoms with Crippen LogP contribution < -0.4 is 21.3 Å². The molecule has 2 atom stereocenters. The highest BCUT2D eigenvalue weighted by atomic mass is 16.2. The van der Waals surface area contributed by atoms with Crippen molar-refractivity contribution < 1.29 is 9.59 Å². The standard InChI is InChI=1S/C33H44N10O2/c1-33(2,3)23-14-10-22(11-15-23)28(44)35-25-9-8-18-42(19-25)30-38-31(43-20-26(34)37-32(43)39-30)36-24-16-12-21(13-17-24)27(40(4)5)29(45)41(6)7/h10-17,20,25,27H,8-9,18-19,34H2,1-7H3,(H,35,44)(H,36,37,38,39). The van der Waals surface area contributed by atoms with Gasteiger partial charge in [0, 0.05) is 44.5 Å². The number of benzene rings is 2. The first-order valence-corrected chi connectivity index (χ1v) is 15.2. The summed E-state index contributed by atoms with van der Waals surface area (Å²) in [6.07, 6.45) is 3.42. The van der Waals surface area contributed by atoms with E-state index >= 15 is 0 Å². The van der Waals surface area contributed by atoms with E-state index in [-0.39, 0.29) is 23.3 Å². The fourth-order valence-electron chi connectivity index (χ4n) is 5.57. The number of fused-ring (bicyclic) bond motifs is 1. The zero-order valence-corrected chi connectivity index (χ0v) is 27.2. The first-order valence-electron chi connectivity index (χ1n) is 15.2. The Labute approximate surface area is 264 Å². The number of nitrogens with two attached hydrogens (primary N) is 1. The van der Waals surface area contributed by atoms with Crippen LogP contribution in [0.5, 0.6) is 0 Å². The van der Waals surface area contributed by atoms with Gasteiger partial charge < -0.3 is 26.2 Å². The van der Waals surface area contributed by atoms with Gasteiger partial charge in [0.15, 0.2) is 0 Å². The van der Waals surface area contributed by atoms with Gasteiger partial charge in [-0.15, -0.1) is 0 Å². The number of imidazole rings is 1. The number of nitrogen functional groups attached to an aromatic ring is 1. The molecule has 5 rings (SSSR count). The minimum absolute atomic E-state index is 0.00576. The van der Waals surface area contributed by atoms with Gasteiger partial charge in [0.1, 0.15) is 11.9 Å². The van der Waals surface area contributed by atoms with E-state index in [1.807, 2.05) is 67.5 Å². The number of nitrogens with one attached hydrogen (secondary N) is 2. The molecule has 238 valence electrons. The average molecular weight is 613 g/mol. The molecule has 1 aliphatic rings. The summed E-state index contributed by atoms with van der Waals surface area (Å²) in [4.78, 5) is 45.4. The Morgan fingerprint density at radius 1 is 0.978 bits per heavy atom. The lowest BCUT2D eigenvalue weighted by molar-refractivity contribution is -0.133. The molecule has 1 saturated heterocycles. The average Bonchev–Trinajstić information content (AvgIpc) is 3.38. The summed E-state index contributed by atoms with van der Waals surface area (Å²) in [6, 6.07) is 15.1. The third-order valence-corrected chi connectivity index (χ3v) is 8.07. The summed E-state index contributed by atoms with van der Waals surface area (Å²) < 4.78 is 1.72. The maximum absolute atomic E-state index is 13.1. The van der Waals surface area contributed by atoms with Crippen LogP contribution in [0.3, 0.4) is 0 Å². The van der Waals surface area contributed by atoms with Crippen LogP contribution in [-0.4, -0.2) is 88.3 Å². The van der Waals surface area contributed by atoms with Crippen molar-refractivity contribution >= 4 is 41.0 Å². The van der Waals surface area contributed by atoms with Crippen LogP contribution in [0.4, 0.5) is 23.4 Å². The van der Waals surface area contributed by atoms with Crippen molar-refractivity contribution in [1.29, 1.82) is 0 Å². The number of hydrogen-bond acceptors (Lipinski definition) is 9. The van der Waals surface area contributed by atoms with Crippen LogP contribution in [0.2, 0.25) is 0 Å². The SMILES string of the molecule is CN(C)C(=O)C(c1ccc(Nc2nc(N3CCCC(NC(=O)c4ccc(C(C)(C)C)cc4)C3)nc3nc(N)cn23)cc1)N(C)C. The lowest BCUT2D eigenvalue weighted by Crippen LogP contribution is -2.48. The number of carbonyl (C=O) groups excluding carboxylic acids is 2. The first-order chi connectivity index (χ1) is 21.3. The van der Waals surface area contributed by atoms with E-state index in [9.17, 15) is 9.59 Å². The summed E-state index contributed by atoms with van der Waals surface area (Å²) in [5.74, 6) is 1.68. The second-order valence-electron chi connectivity index (χ2n) is 13.1. The molecule has 1 aliphatic heterocycles. The fraction of sp³-hybridized carbons (Fsp3) is 0.424. The molecule has 12 nitrogen and oxygen atoms in total. The molecule has 0 saturated carbocycles. The number of rotatable bonds is 8. The Balaban J connectivity index is 1.34. The molecule has 45 heavy (non-hydrogen) atoms. The minimum atomic E-state index is -0.393. The molecule has 1 fully saturated rings. The summed E-state index contributed by atoms with van der Waals surface area (Å²) >= 11 is 0. The van der Waals surface area contributed by atoms with Crippen molar-refractivity contribution in [3.05, 3.63) is 71.4 Å². The Kier molecular flexibility index (Phi) is 8.96. The van der Waals surface area contributed by atoms with Gasteiger partial charge in [0.05, 0.1) is 6.20 Å². The molecule has 0 radical (unpaired) electrons. The van der Waals surface area contributed by atoms with E-state index in [0.717, 1.165) is 30.6 Å². The maximum Gasteiger partial charge on any atom is 0.251 e. The van der Waals surface area contributed by atoms with Crippen molar-refractivity contribution in [2.24, 2.45) is 0 Å². The van der Waals surface area contributed by atoms with Crippen molar-refractivity contribution in [3.8, 4) is 0 Å². The van der Waals surface area contributed by atoms with Gasteiger partial charge in [-0.2, -0.15) is 15.0 Å². The van der Waals surface area contributed by atoms with E-state index < -0.39 is 6.04 Å².